The summed E-state index contributed by atoms with van der Waals surface area (Å²) < 4.78 is 6.88. The molecule has 0 radical (unpaired) electrons. The van der Waals surface area contributed by atoms with Crippen LogP contribution in [0.2, 0.25) is 5.15 Å². The van der Waals surface area contributed by atoms with Crippen molar-refractivity contribution in [1.82, 2.24) is 9.55 Å². The Morgan fingerprint density at radius 3 is 2.60 bits per heavy atom. The topological polar surface area (TPSA) is 64.1 Å². The maximum Gasteiger partial charge on any atom is 0.329 e. The number of aromatic nitrogens is 2. The van der Waals surface area contributed by atoms with E-state index in [1.54, 1.807) is 0 Å². The molecule has 1 fully saturated rings. The Hall–Kier alpha value is -1.07. The van der Waals surface area contributed by atoms with E-state index in [2.05, 4.69) is 4.98 Å². The Balaban J connectivity index is 2.12. The first kappa shape index (κ1) is 15.3. The fourth-order valence-electron chi connectivity index (χ4n) is 2.63. The summed E-state index contributed by atoms with van der Waals surface area (Å²) in [4.78, 5) is 26.6. The van der Waals surface area contributed by atoms with Crippen molar-refractivity contribution in [2.75, 3.05) is 6.61 Å². The number of hydrogen-bond acceptors (Lipinski definition) is 3. The highest BCUT2D eigenvalue weighted by Crippen LogP contribution is 2.20. The summed E-state index contributed by atoms with van der Waals surface area (Å²) in [5.74, 6) is -0.0335. The SMILES string of the molecule is CC(C)c1c(Cl)[nH]c(=O)n(CCOC2CCCC2)c1=O. The van der Waals surface area contributed by atoms with E-state index < -0.39 is 5.69 Å². The fraction of sp³-hybridized carbons (Fsp3) is 0.714. The van der Waals surface area contributed by atoms with Crippen LogP contribution in [0.25, 0.3) is 0 Å². The molecule has 1 aliphatic carbocycles. The van der Waals surface area contributed by atoms with Gasteiger partial charge in [0.15, 0.2) is 0 Å². The van der Waals surface area contributed by atoms with Gasteiger partial charge in [-0.2, -0.15) is 0 Å². The fourth-order valence-corrected chi connectivity index (χ4v) is 3.01. The van der Waals surface area contributed by atoms with Crippen LogP contribution in [0.5, 0.6) is 0 Å². The first-order chi connectivity index (χ1) is 9.50. The molecule has 1 saturated carbocycles. The summed E-state index contributed by atoms with van der Waals surface area (Å²) in [5.41, 5.74) is -0.338. The monoisotopic (exact) mass is 300 g/mol. The van der Waals surface area contributed by atoms with E-state index in [1.165, 1.54) is 17.4 Å². The molecule has 5 nitrogen and oxygen atoms in total. The van der Waals surface area contributed by atoms with Gasteiger partial charge in [-0.1, -0.05) is 38.3 Å². The molecule has 1 N–H and O–H groups in total. The molecular formula is C14H21ClN2O3. The molecule has 2 rings (SSSR count). The standard InChI is InChI=1S/C14H21ClN2O3/c1-9(2)11-12(15)16-14(19)17(13(11)18)7-8-20-10-5-3-4-6-10/h9-10H,3-8H2,1-2H3,(H,16,19). The normalized spacial score (nSPS) is 16.2. The van der Waals surface area contributed by atoms with Gasteiger partial charge in [0.2, 0.25) is 0 Å². The van der Waals surface area contributed by atoms with Crippen LogP contribution in [-0.2, 0) is 11.3 Å². The first-order valence-electron chi connectivity index (χ1n) is 7.14. The predicted molar refractivity (Wildman–Crippen MR) is 78.6 cm³/mol. The molecule has 1 aromatic heterocycles. The van der Waals surface area contributed by atoms with Gasteiger partial charge in [0.25, 0.3) is 5.56 Å². The third-order valence-electron chi connectivity index (χ3n) is 3.72. The number of nitrogens with one attached hydrogen (secondary N) is 1. The second kappa shape index (κ2) is 6.59. The van der Waals surface area contributed by atoms with Crippen molar-refractivity contribution in [2.45, 2.75) is 58.1 Å². The molecular weight excluding hydrogens is 280 g/mol. The summed E-state index contributed by atoms with van der Waals surface area (Å²) >= 11 is 5.94. The highest BCUT2D eigenvalue weighted by Gasteiger charge is 2.17. The van der Waals surface area contributed by atoms with E-state index in [9.17, 15) is 9.59 Å². The van der Waals surface area contributed by atoms with Gasteiger partial charge >= 0.3 is 5.69 Å². The Bertz CT molecular complexity index is 571. The van der Waals surface area contributed by atoms with E-state index in [1.807, 2.05) is 13.8 Å². The number of nitrogens with zero attached hydrogens (tertiary/aromatic N) is 1. The van der Waals surface area contributed by atoms with Gasteiger partial charge in [0.05, 0.1) is 24.8 Å². The summed E-state index contributed by atoms with van der Waals surface area (Å²) in [6, 6.07) is 0. The molecule has 20 heavy (non-hydrogen) atoms. The van der Waals surface area contributed by atoms with Crippen molar-refractivity contribution >= 4 is 11.6 Å². The number of halogens is 1. The van der Waals surface area contributed by atoms with Gasteiger partial charge in [-0.25, -0.2) is 4.79 Å². The molecule has 0 atom stereocenters. The maximum atomic E-state index is 12.3. The lowest BCUT2D eigenvalue weighted by atomic mass is 10.1. The zero-order valence-corrected chi connectivity index (χ0v) is 12.7. The minimum atomic E-state index is -0.473. The molecule has 0 amide bonds. The van der Waals surface area contributed by atoms with Gasteiger partial charge in [0.1, 0.15) is 5.15 Å². The van der Waals surface area contributed by atoms with Crippen LogP contribution in [0.4, 0.5) is 0 Å². The lowest BCUT2D eigenvalue weighted by Gasteiger charge is -2.13. The highest BCUT2D eigenvalue weighted by molar-refractivity contribution is 6.30. The second-order valence-corrected chi connectivity index (χ2v) is 5.92. The highest BCUT2D eigenvalue weighted by atomic mass is 35.5. The predicted octanol–water partition coefficient (Wildman–Crippen LogP) is 2.27. The Labute approximate surface area is 122 Å². The Morgan fingerprint density at radius 2 is 2.00 bits per heavy atom. The third-order valence-corrected chi connectivity index (χ3v) is 4.02. The Morgan fingerprint density at radius 1 is 1.35 bits per heavy atom. The van der Waals surface area contributed by atoms with Gasteiger partial charge in [-0.05, 0) is 18.8 Å². The lowest BCUT2D eigenvalue weighted by Crippen LogP contribution is -2.39. The molecule has 1 aliphatic rings. The molecule has 0 bridgehead atoms. The van der Waals surface area contributed by atoms with Crippen LogP contribution in [0.15, 0.2) is 9.59 Å². The molecule has 0 aliphatic heterocycles. The van der Waals surface area contributed by atoms with Gasteiger partial charge in [-0.3, -0.25) is 14.3 Å². The molecule has 0 unspecified atom stereocenters. The van der Waals surface area contributed by atoms with Gasteiger partial charge in [-0.15, -0.1) is 0 Å². The number of H-pyrrole nitrogens is 1. The minimum absolute atomic E-state index is 0.0335. The molecule has 1 aromatic rings. The molecule has 6 heteroatoms. The quantitative estimate of drug-likeness (QED) is 0.849. The lowest BCUT2D eigenvalue weighted by molar-refractivity contribution is 0.0519. The average molecular weight is 301 g/mol. The van der Waals surface area contributed by atoms with Crippen molar-refractivity contribution in [2.24, 2.45) is 0 Å². The zero-order chi connectivity index (χ0) is 14.7. The van der Waals surface area contributed by atoms with Crippen LogP contribution in [0, 0.1) is 0 Å². The molecule has 0 saturated heterocycles. The molecule has 0 spiro atoms. The van der Waals surface area contributed by atoms with E-state index in [-0.39, 0.29) is 29.3 Å². The minimum Gasteiger partial charge on any atom is -0.376 e. The molecule has 0 aromatic carbocycles. The van der Waals surface area contributed by atoms with Crippen molar-refractivity contribution in [1.29, 1.82) is 0 Å². The summed E-state index contributed by atoms with van der Waals surface area (Å²) in [5, 5.41) is 0.142. The smallest absolute Gasteiger partial charge is 0.329 e. The third kappa shape index (κ3) is 3.33. The van der Waals surface area contributed by atoms with Gasteiger partial charge in [0, 0.05) is 0 Å². The van der Waals surface area contributed by atoms with Gasteiger partial charge < -0.3 is 4.74 Å². The van der Waals surface area contributed by atoms with Crippen molar-refractivity contribution in [3.05, 3.63) is 31.6 Å². The van der Waals surface area contributed by atoms with E-state index >= 15 is 0 Å². The van der Waals surface area contributed by atoms with Crippen LogP contribution in [-0.4, -0.2) is 22.3 Å². The van der Waals surface area contributed by atoms with E-state index in [0.717, 1.165) is 12.8 Å². The van der Waals surface area contributed by atoms with Crippen LogP contribution in [0.1, 0.15) is 51.0 Å². The molecule has 112 valence electrons. The van der Waals surface area contributed by atoms with Crippen molar-refractivity contribution in [3.8, 4) is 0 Å². The number of hydrogen-bond donors (Lipinski definition) is 1. The number of ether oxygens (including phenoxy) is 1. The van der Waals surface area contributed by atoms with Crippen LogP contribution < -0.4 is 11.2 Å². The van der Waals surface area contributed by atoms with Crippen LogP contribution in [0.3, 0.4) is 0 Å². The number of aromatic amines is 1. The summed E-state index contributed by atoms with van der Waals surface area (Å²) in [7, 11) is 0. The van der Waals surface area contributed by atoms with E-state index in [4.69, 9.17) is 16.3 Å². The van der Waals surface area contributed by atoms with Crippen LogP contribution >= 0.6 is 11.6 Å². The second-order valence-electron chi connectivity index (χ2n) is 5.55. The number of rotatable bonds is 5. The van der Waals surface area contributed by atoms with Crippen molar-refractivity contribution < 1.29 is 4.74 Å². The van der Waals surface area contributed by atoms with Crippen molar-refractivity contribution in [3.63, 3.8) is 0 Å². The Kier molecular flexibility index (Phi) is 5.05. The summed E-state index contributed by atoms with van der Waals surface area (Å²) in [6.45, 7) is 4.40. The maximum absolute atomic E-state index is 12.3. The van der Waals surface area contributed by atoms with E-state index in [0.29, 0.717) is 12.2 Å². The largest absolute Gasteiger partial charge is 0.376 e. The summed E-state index contributed by atoms with van der Waals surface area (Å²) in [6.07, 6.45) is 4.82. The molecule has 1 heterocycles. The zero-order valence-electron chi connectivity index (χ0n) is 11.9. The first-order valence-corrected chi connectivity index (χ1v) is 7.52. The average Bonchev–Trinajstić information content (AvgIpc) is 2.85.